The van der Waals surface area contributed by atoms with Crippen molar-refractivity contribution in [3.63, 3.8) is 0 Å². The van der Waals surface area contributed by atoms with Gasteiger partial charge in [-0.05, 0) is 30.2 Å². The molecule has 1 aliphatic heterocycles. The van der Waals surface area contributed by atoms with E-state index in [-0.39, 0.29) is 11.8 Å². The molecule has 2 atom stereocenters. The molecule has 4 nitrogen and oxygen atoms in total. The van der Waals surface area contributed by atoms with Crippen molar-refractivity contribution in [3.8, 4) is 0 Å². The summed E-state index contributed by atoms with van der Waals surface area (Å²) in [5.74, 6) is -1.50. The van der Waals surface area contributed by atoms with E-state index in [9.17, 15) is 9.59 Å². The minimum absolute atomic E-state index is 0.141. The molecule has 0 saturated carbocycles. The van der Waals surface area contributed by atoms with Crippen LogP contribution < -0.4 is 0 Å². The van der Waals surface area contributed by atoms with E-state index >= 15 is 0 Å². The standard InChI is InChI=1S/C21H26O4/c1-14(2)17-13-21(18(22)24-20(3,4)25-19(21)23)12-8-11-16(17)15-9-6-5-7-10-15/h5-11,14,16-17H,12-13H2,1-4H3/t16?,17-/m0/s1. The first-order valence-electron chi connectivity index (χ1n) is 8.94. The minimum atomic E-state index is -1.23. The van der Waals surface area contributed by atoms with Gasteiger partial charge in [-0.25, -0.2) is 0 Å². The highest BCUT2D eigenvalue weighted by Gasteiger charge is 2.57. The summed E-state index contributed by atoms with van der Waals surface area (Å²) in [4.78, 5) is 25.6. The SMILES string of the molecule is CC(C)[C@@H]1CC2(CC=CC1c1ccccc1)C(=O)OC(C)(C)OC2=O. The Bertz CT molecular complexity index is 667. The molecule has 1 unspecified atom stereocenters. The molecule has 0 aromatic heterocycles. The van der Waals surface area contributed by atoms with E-state index in [1.807, 2.05) is 24.3 Å². The Morgan fingerprint density at radius 3 is 2.20 bits per heavy atom. The predicted molar refractivity (Wildman–Crippen MR) is 94.6 cm³/mol. The van der Waals surface area contributed by atoms with Crippen LogP contribution in [0.1, 0.15) is 52.0 Å². The normalized spacial score (nSPS) is 27.7. The van der Waals surface area contributed by atoms with Crippen LogP contribution in [0.2, 0.25) is 0 Å². The van der Waals surface area contributed by atoms with Crippen LogP contribution in [-0.4, -0.2) is 17.7 Å². The average molecular weight is 342 g/mol. The molecule has 0 N–H and O–H groups in total. The second-order valence-corrected chi connectivity index (χ2v) is 7.94. The van der Waals surface area contributed by atoms with Crippen molar-refractivity contribution in [3.05, 3.63) is 48.0 Å². The number of allylic oxidation sites excluding steroid dienone is 2. The van der Waals surface area contributed by atoms with E-state index in [1.54, 1.807) is 13.8 Å². The third-order valence-electron chi connectivity index (χ3n) is 5.35. The van der Waals surface area contributed by atoms with E-state index in [4.69, 9.17) is 9.47 Å². The summed E-state index contributed by atoms with van der Waals surface area (Å²) in [7, 11) is 0. The van der Waals surface area contributed by atoms with Crippen LogP contribution >= 0.6 is 0 Å². The fourth-order valence-corrected chi connectivity index (χ4v) is 3.93. The van der Waals surface area contributed by atoms with Crippen LogP contribution in [0.25, 0.3) is 0 Å². The third-order valence-corrected chi connectivity index (χ3v) is 5.35. The molecular weight excluding hydrogens is 316 g/mol. The second kappa shape index (κ2) is 6.32. The van der Waals surface area contributed by atoms with Crippen molar-refractivity contribution in [2.24, 2.45) is 17.3 Å². The van der Waals surface area contributed by atoms with Gasteiger partial charge in [-0.2, -0.15) is 0 Å². The monoisotopic (exact) mass is 342 g/mol. The Morgan fingerprint density at radius 2 is 1.64 bits per heavy atom. The zero-order chi connectivity index (χ0) is 18.2. The average Bonchev–Trinajstić information content (AvgIpc) is 2.74. The molecule has 0 radical (unpaired) electrons. The molecular formula is C21H26O4. The lowest BCUT2D eigenvalue weighted by Crippen LogP contribution is -2.54. The zero-order valence-electron chi connectivity index (χ0n) is 15.3. The maximum absolute atomic E-state index is 12.8. The molecule has 0 bridgehead atoms. The number of cyclic esters (lactones) is 2. The first-order chi connectivity index (χ1) is 11.8. The van der Waals surface area contributed by atoms with Gasteiger partial charge in [0.2, 0.25) is 0 Å². The van der Waals surface area contributed by atoms with Crippen molar-refractivity contribution in [1.29, 1.82) is 0 Å². The summed E-state index contributed by atoms with van der Waals surface area (Å²) >= 11 is 0. The topological polar surface area (TPSA) is 52.6 Å². The highest BCUT2D eigenvalue weighted by molar-refractivity contribution is 6.02. The van der Waals surface area contributed by atoms with Crippen LogP contribution in [0.3, 0.4) is 0 Å². The first-order valence-corrected chi connectivity index (χ1v) is 8.94. The van der Waals surface area contributed by atoms with Crippen molar-refractivity contribution >= 4 is 11.9 Å². The quantitative estimate of drug-likeness (QED) is 0.459. The Morgan fingerprint density at radius 1 is 1.04 bits per heavy atom. The second-order valence-electron chi connectivity index (χ2n) is 7.94. The van der Waals surface area contributed by atoms with Gasteiger partial charge in [-0.15, -0.1) is 0 Å². The highest BCUT2D eigenvalue weighted by Crippen LogP contribution is 2.48. The number of esters is 2. The third kappa shape index (κ3) is 3.22. The van der Waals surface area contributed by atoms with Gasteiger partial charge in [0.15, 0.2) is 5.41 Å². The predicted octanol–water partition coefficient (Wildman–Crippen LogP) is 4.21. The highest BCUT2D eigenvalue weighted by atomic mass is 16.7. The lowest BCUT2D eigenvalue weighted by atomic mass is 9.69. The molecule has 1 aromatic rings. The molecule has 3 rings (SSSR count). The van der Waals surface area contributed by atoms with Gasteiger partial charge in [0.25, 0.3) is 5.79 Å². The van der Waals surface area contributed by atoms with Gasteiger partial charge in [0.05, 0.1) is 0 Å². The molecule has 4 heteroatoms. The van der Waals surface area contributed by atoms with Crippen LogP contribution in [0.4, 0.5) is 0 Å². The summed E-state index contributed by atoms with van der Waals surface area (Å²) in [5.41, 5.74) is -0.0304. The van der Waals surface area contributed by atoms with Gasteiger partial charge in [-0.3, -0.25) is 9.59 Å². The molecule has 25 heavy (non-hydrogen) atoms. The molecule has 2 aliphatic rings. The Kier molecular flexibility index (Phi) is 4.48. The summed E-state index contributed by atoms with van der Waals surface area (Å²) in [6.45, 7) is 7.46. The van der Waals surface area contributed by atoms with Gasteiger partial charge in [0, 0.05) is 19.8 Å². The molecule has 0 amide bonds. The lowest BCUT2D eigenvalue weighted by Gasteiger charge is -2.41. The number of carbonyl (C=O) groups is 2. The summed E-state index contributed by atoms with van der Waals surface area (Å²) in [5, 5.41) is 0. The van der Waals surface area contributed by atoms with E-state index in [0.29, 0.717) is 18.8 Å². The molecule has 134 valence electrons. The van der Waals surface area contributed by atoms with E-state index in [1.165, 1.54) is 5.56 Å². The van der Waals surface area contributed by atoms with Crippen molar-refractivity contribution in [2.45, 2.75) is 52.2 Å². The van der Waals surface area contributed by atoms with Crippen LogP contribution in [-0.2, 0) is 19.1 Å². The zero-order valence-corrected chi connectivity index (χ0v) is 15.3. The van der Waals surface area contributed by atoms with E-state index < -0.39 is 23.1 Å². The maximum Gasteiger partial charge on any atom is 0.327 e. The maximum atomic E-state index is 12.8. The lowest BCUT2D eigenvalue weighted by molar-refractivity contribution is -0.252. The van der Waals surface area contributed by atoms with Crippen LogP contribution in [0.15, 0.2) is 42.5 Å². The Hall–Kier alpha value is -2.10. The molecule has 1 heterocycles. The largest absolute Gasteiger partial charge is 0.422 e. The fourth-order valence-electron chi connectivity index (χ4n) is 3.93. The minimum Gasteiger partial charge on any atom is -0.422 e. The first kappa shape index (κ1) is 17.7. The van der Waals surface area contributed by atoms with Gasteiger partial charge >= 0.3 is 11.9 Å². The van der Waals surface area contributed by atoms with Crippen molar-refractivity contribution in [1.82, 2.24) is 0 Å². The molecule has 1 aliphatic carbocycles. The number of hydrogen-bond donors (Lipinski definition) is 0. The number of carbonyl (C=O) groups excluding carboxylic acids is 2. The Balaban J connectivity index is 1.98. The van der Waals surface area contributed by atoms with Crippen LogP contribution in [0.5, 0.6) is 0 Å². The molecule has 1 aromatic carbocycles. The van der Waals surface area contributed by atoms with Gasteiger partial charge in [-0.1, -0.05) is 56.3 Å². The van der Waals surface area contributed by atoms with E-state index in [0.717, 1.165) is 0 Å². The molecule has 1 fully saturated rings. The van der Waals surface area contributed by atoms with Crippen molar-refractivity contribution < 1.29 is 19.1 Å². The van der Waals surface area contributed by atoms with E-state index in [2.05, 4.69) is 32.1 Å². The van der Waals surface area contributed by atoms with Gasteiger partial charge in [0.1, 0.15) is 0 Å². The summed E-state index contributed by atoms with van der Waals surface area (Å²) < 4.78 is 10.9. The smallest absolute Gasteiger partial charge is 0.327 e. The van der Waals surface area contributed by atoms with Crippen LogP contribution in [0, 0.1) is 17.3 Å². The number of hydrogen-bond acceptors (Lipinski definition) is 4. The van der Waals surface area contributed by atoms with Crippen molar-refractivity contribution in [2.75, 3.05) is 0 Å². The summed E-state index contributed by atoms with van der Waals surface area (Å²) in [6.07, 6.45) is 4.84. The Labute approximate surface area is 149 Å². The molecule has 1 spiro atoms. The number of ether oxygens (including phenoxy) is 2. The summed E-state index contributed by atoms with van der Waals surface area (Å²) in [6, 6.07) is 10.2. The number of benzene rings is 1. The molecule has 1 saturated heterocycles. The number of rotatable bonds is 2. The van der Waals surface area contributed by atoms with Gasteiger partial charge < -0.3 is 9.47 Å². The fraction of sp³-hybridized carbons (Fsp3) is 0.524.